The third-order valence-electron chi connectivity index (χ3n) is 16.3. The molecule has 0 aromatic heterocycles. The molecular formula is C60H45BF20S. The fraction of sp³-hybridized carbons (Fsp3) is 0.300. The van der Waals surface area contributed by atoms with Crippen molar-refractivity contribution in [2.24, 2.45) is 0 Å². The molecule has 0 nitrogen and oxygen atoms in total. The van der Waals surface area contributed by atoms with E-state index < -0.39 is 144 Å². The van der Waals surface area contributed by atoms with E-state index in [9.17, 15) is 52.7 Å². The van der Waals surface area contributed by atoms with Crippen LogP contribution in [-0.4, -0.2) is 6.15 Å². The molecule has 0 unspecified atom stereocenters. The van der Waals surface area contributed by atoms with E-state index in [4.69, 9.17) is 0 Å². The molecule has 0 N–H and O–H groups in total. The fourth-order valence-electron chi connectivity index (χ4n) is 12.2. The van der Waals surface area contributed by atoms with Crippen LogP contribution in [0.25, 0.3) is 0 Å². The van der Waals surface area contributed by atoms with Gasteiger partial charge in [0, 0.05) is 0 Å². The Hall–Kier alpha value is -6.45. The normalized spacial score (nSPS) is 15.8. The molecule has 7 aromatic carbocycles. The van der Waals surface area contributed by atoms with Crippen molar-refractivity contribution in [1.29, 1.82) is 0 Å². The highest BCUT2D eigenvalue weighted by Gasteiger charge is 2.52. The van der Waals surface area contributed by atoms with Gasteiger partial charge in [0.15, 0.2) is 84.5 Å². The Morgan fingerprint density at radius 3 is 0.549 bits per heavy atom. The molecule has 0 radical (unpaired) electrons. The van der Waals surface area contributed by atoms with Crippen molar-refractivity contribution in [2.45, 2.75) is 129 Å². The van der Waals surface area contributed by atoms with Crippen molar-refractivity contribution < 1.29 is 87.8 Å². The third kappa shape index (κ3) is 10.6. The summed E-state index contributed by atoms with van der Waals surface area (Å²) in [5, 5.41) is 0. The summed E-state index contributed by atoms with van der Waals surface area (Å²) in [6, 6.07) is 29.5. The Morgan fingerprint density at radius 2 is 0.378 bits per heavy atom. The second kappa shape index (κ2) is 24.4. The summed E-state index contributed by atoms with van der Waals surface area (Å²) in [6.07, 6.45) is 13.7. The maximum atomic E-state index is 15.4. The highest BCUT2D eigenvalue weighted by atomic mass is 32.2. The molecule has 0 atom stereocenters. The average molecular weight is 1190 g/mol. The first-order chi connectivity index (χ1) is 39.1. The van der Waals surface area contributed by atoms with Gasteiger partial charge in [-0.15, -0.1) is 21.9 Å². The van der Waals surface area contributed by atoms with Gasteiger partial charge in [-0.25, -0.2) is 87.8 Å². The number of halogens is 20. The molecule has 0 heterocycles. The molecule has 434 valence electrons. The van der Waals surface area contributed by atoms with Gasteiger partial charge in [-0.3, -0.25) is 0 Å². The van der Waals surface area contributed by atoms with Crippen LogP contribution in [0.15, 0.2) is 87.5 Å². The second-order valence-corrected chi connectivity index (χ2v) is 22.8. The lowest BCUT2D eigenvalue weighted by Gasteiger charge is -2.44. The maximum Gasteiger partial charge on any atom is 0.200 e. The minimum atomic E-state index is -7.22. The zero-order valence-electron chi connectivity index (χ0n) is 42.8. The van der Waals surface area contributed by atoms with E-state index in [1.165, 1.54) is 111 Å². The van der Waals surface area contributed by atoms with Crippen LogP contribution in [0.4, 0.5) is 87.8 Å². The number of benzene rings is 7. The van der Waals surface area contributed by atoms with Gasteiger partial charge in [-0.1, -0.05) is 94.2 Å². The van der Waals surface area contributed by atoms with Crippen LogP contribution in [-0.2, 0) is 10.9 Å². The van der Waals surface area contributed by atoms with Gasteiger partial charge in [-0.05, 0) is 109 Å². The lowest BCUT2D eigenvalue weighted by molar-refractivity contribution is 0.378. The van der Waals surface area contributed by atoms with E-state index in [0.29, 0.717) is 0 Å². The Balaban J connectivity index is 0.000000201. The molecule has 3 saturated carbocycles. The van der Waals surface area contributed by atoms with Crippen molar-refractivity contribution in [1.82, 2.24) is 0 Å². The van der Waals surface area contributed by atoms with Crippen LogP contribution >= 0.6 is 0 Å². The van der Waals surface area contributed by atoms with Gasteiger partial charge < -0.3 is 0 Å². The molecule has 82 heavy (non-hydrogen) atoms. The second-order valence-electron chi connectivity index (χ2n) is 20.8. The smallest absolute Gasteiger partial charge is 0.200 e. The molecule has 0 bridgehead atoms. The van der Waals surface area contributed by atoms with Crippen molar-refractivity contribution in [2.75, 3.05) is 0 Å². The summed E-state index contributed by atoms with van der Waals surface area (Å²) >= 11 is 0. The van der Waals surface area contributed by atoms with Gasteiger partial charge in [0.25, 0.3) is 0 Å². The first-order valence-electron chi connectivity index (χ1n) is 26.3. The predicted molar refractivity (Wildman–Crippen MR) is 268 cm³/mol. The molecule has 0 aliphatic heterocycles. The van der Waals surface area contributed by atoms with Crippen LogP contribution in [0.1, 0.15) is 131 Å². The van der Waals surface area contributed by atoms with E-state index >= 15 is 35.1 Å². The van der Waals surface area contributed by atoms with Crippen molar-refractivity contribution in [3.05, 3.63) is 206 Å². The molecular weight excluding hydrogens is 1140 g/mol. The van der Waals surface area contributed by atoms with E-state index in [1.54, 1.807) is 16.7 Å². The molecule has 3 aliphatic rings. The Labute approximate surface area is 459 Å². The quantitative estimate of drug-likeness (QED) is 0.0421. The lowest BCUT2D eigenvalue weighted by Crippen LogP contribution is -2.81. The van der Waals surface area contributed by atoms with Crippen molar-refractivity contribution in [3.8, 4) is 0 Å². The summed E-state index contributed by atoms with van der Waals surface area (Å²) in [7, 11) is -0.0542. The van der Waals surface area contributed by atoms with Gasteiger partial charge in [0.1, 0.15) is 52.7 Å². The summed E-state index contributed by atoms with van der Waals surface area (Å²) in [5.74, 6) is -69.1. The highest BCUT2D eigenvalue weighted by molar-refractivity contribution is 7.97. The number of hydrogen-bond donors (Lipinski definition) is 0. The SMILES string of the molecule is Fc1c(F)c(F)c([B-](c2c(F)c(F)c(F)c(F)c2F)(c2c(F)c(F)c(F)c(F)c2F)c2c(F)c(F)c(F)c(F)c2F)c(F)c1F.c1cc([S+](c2ccc(C3CCCCC3)cc2)c2ccc(C3CCCCC3)cc2)ccc1C1CCCCC1. The predicted octanol–water partition coefficient (Wildman–Crippen LogP) is 16.8. The average Bonchev–Trinajstić information content (AvgIpc) is 3.64. The highest BCUT2D eigenvalue weighted by Crippen LogP contribution is 2.40. The monoisotopic (exact) mass is 1190 g/mol. The van der Waals surface area contributed by atoms with Gasteiger partial charge in [0.2, 0.25) is 0 Å². The molecule has 10 rings (SSSR count). The Kier molecular flexibility index (Phi) is 17.9. The van der Waals surface area contributed by atoms with Gasteiger partial charge in [-0.2, -0.15) is 0 Å². The van der Waals surface area contributed by atoms with Crippen molar-refractivity contribution >= 4 is 38.9 Å². The van der Waals surface area contributed by atoms with Crippen LogP contribution in [0.2, 0.25) is 0 Å². The van der Waals surface area contributed by atoms with E-state index in [2.05, 4.69) is 72.8 Å². The summed E-state index contributed by atoms with van der Waals surface area (Å²) < 4.78 is 294. The summed E-state index contributed by atoms with van der Waals surface area (Å²) in [6.45, 7) is 0. The zero-order valence-corrected chi connectivity index (χ0v) is 43.6. The summed E-state index contributed by atoms with van der Waals surface area (Å²) in [4.78, 5) is 4.40. The molecule has 7 aromatic rings. The van der Waals surface area contributed by atoms with Crippen LogP contribution in [0.5, 0.6) is 0 Å². The van der Waals surface area contributed by atoms with E-state index in [-0.39, 0.29) is 10.9 Å². The minimum absolute atomic E-state index is 0.0542. The Morgan fingerprint density at radius 1 is 0.220 bits per heavy atom. The van der Waals surface area contributed by atoms with Crippen LogP contribution < -0.4 is 21.9 Å². The lowest BCUT2D eigenvalue weighted by atomic mass is 9.12. The number of rotatable bonds is 10. The Bertz CT molecular complexity index is 2990. The van der Waals surface area contributed by atoms with Crippen LogP contribution in [0.3, 0.4) is 0 Å². The van der Waals surface area contributed by atoms with Gasteiger partial charge in [0.05, 0.1) is 10.9 Å². The fourth-order valence-corrected chi connectivity index (χ4v) is 14.3. The first kappa shape index (κ1) is 60.2. The molecule has 0 spiro atoms. The van der Waals surface area contributed by atoms with E-state index in [1.807, 2.05) is 0 Å². The largest absolute Gasteiger partial charge is 0.207 e. The summed E-state index contributed by atoms with van der Waals surface area (Å²) in [5.41, 5.74) is -9.64. The zero-order chi connectivity index (χ0) is 59.2. The molecule has 3 aliphatic carbocycles. The van der Waals surface area contributed by atoms with Crippen LogP contribution in [0, 0.1) is 116 Å². The third-order valence-corrected chi connectivity index (χ3v) is 18.5. The number of hydrogen-bond acceptors (Lipinski definition) is 0. The maximum absolute atomic E-state index is 15.4. The minimum Gasteiger partial charge on any atom is -0.207 e. The van der Waals surface area contributed by atoms with Gasteiger partial charge >= 0.3 is 0 Å². The standard InChI is InChI=1S/C36H45S.C24BF20/c1-4-10-28(11-5-1)31-16-22-34(23-17-31)37(35-24-18-32(19-25-35)29-12-6-2-7-13-29)36-26-20-33(21-27-36)30-14-8-3-9-15-30;26-5-1(6(27)14(35)21(42)13(5)34)25(2-7(28)15(36)22(43)16(37)8(2)29,3-9(30)17(38)23(44)18(39)10(3)31)4-11(32)19(40)24(45)20(41)12(4)33/h16-30H,1-15H2;/q+1;-1. The van der Waals surface area contributed by atoms with Crippen molar-refractivity contribution in [3.63, 3.8) is 0 Å². The molecule has 22 heteroatoms. The topological polar surface area (TPSA) is 0 Å². The van der Waals surface area contributed by atoms with E-state index in [0.717, 1.165) is 17.8 Å². The molecule has 0 saturated heterocycles. The molecule has 3 fully saturated rings. The molecule has 0 amide bonds. The first-order valence-corrected chi connectivity index (χ1v) is 27.6.